The molecule has 1 heterocycles. The topological polar surface area (TPSA) is 69.4 Å². The highest BCUT2D eigenvalue weighted by Crippen LogP contribution is 2.13. The van der Waals surface area contributed by atoms with Crippen LogP contribution >= 0.6 is 0 Å². The molecule has 66 valence electrons. The molecule has 1 rings (SSSR count). The molecule has 0 unspecified atom stereocenters. The first-order valence-electron chi connectivity index (χ1n) is 3.70. The number of nitrogens with two attached hydrogens (primary N) is 1. The van der Waals surface area contributed by atoms with Crippen molar-refractivity contribution in [2.75, 3.05) is 12.4 Å². The van der Waals surface area contributed by atoms with E-state index in [-0.39, 0.29) is 11.9 Å². The first-order valence-corrected chi connectivity index (χ1v) is 5.41. The van der Waals surface area contributed by atoms with E-state index < -0.39 is 10.0 Å². The van der Waals surface area contributed by atoms with Gasteiger partial charge in [-0.15, -0.1) is 0 Å². The van der Waals surface area contributed by atoms with Crippen molar-refractivity contribution in [2.45, 2.75) is 25.4 Å². The Kier molecular flexibility index (Phi) is 2.86. The molecule has 1 saturated heterocycles. The maximum Gasteiger partial charge on any atom is 0.211 e. The molecular formula is C6H13NO3S. The molecule has 0 aromatic carbocycles. The van der Waals surface area contributed by atoms with Crippen molar-refractivity contribution in [3.8, 4) is 0 Å². The fourth-order valence-corrected chi connectivity index (χ4v) is 1.98. The summed E-state index contributed by atoms with van der Waals surface area (Å²) in [4.78, 5) is 0. The lowest BCUT2D eigenvalue weighted by atomic mass is 10.1. The van der Waals surface area contributed by atoms with Crippen molar-refractivity contribution in [1.29, 1.82) is 0 Å². The van der Waals surface area contributed by atoms with Crippen LogP contribution in [0.4, 0.5) is 0 Å². The lowest BCUT2D eigenvalue weighted by Crippen LogP contribution is -2.31. The second-order valence-electron chi connectivity index (χ2n) is 2.82. The number of rotatable bonds is 2. The van der Waals surface area contributed by atoms with Crippen molar-refractivity contribution in [1.82, 2.24) is 0 Å². The first kappa shape index (κ1) is 8.96. The Morgan fingerprint density at radius 2 is 2.18 bits per heavy atom. The molecule has 5 heteroatoms. The molecule has 1 atom stereocenters. The number of sulfonamides is 1. The Balaban J connectivity index is 2.36. The highest BCUT2D eigenvalue weighted by molar-refractivity contribution is 7.89. The quantitative estimate of drug-likeness (QED) is 0.640. The maximum atomic E-state index is 10.6. The van der Waals surface area contributed by atoms with Gasteiger partial charge in [0.2, 0.25) is 10.0 Å². The van der Waals surface area contributed by atoms with Gasteiger partial charge in [-0.1, -0.05) is 0 Å². The second kappa shape index (κ2) is 3.51. The molecule has 11 heavy (non-hydrogen) atoms. The zero-order valence-electron chi connectivity index (χ0n) is 6.32. The van der Waals surface area contributed by atoms with Crippen LogP contribution in [0.2, 0.25) is 0 Å². The van der Waals surface area contributed by atoms with Crippen molar-refractivity contribution in [2.24, 2.45) is 5.14 Å². The summed E-state index contributed by atoms with van der Waals surface area (Å²) in [6, 6.07) is 0. The molecule has 1 aliphatic rings. The lowest BCUT2D eigenvalue weighted by Gasteiger charge is -2.21. The van der Waals surface area contributed by atoms with E-state index in [0.717, 1.165) is 19.3 Å². The molecule has 4 nitrogen and oxygen atoms in total. The number of ether oxygens (including phenoxy) is 1. The van der Waals surface area contributed by atoms with E-state index in [1.165, 1.54) is 0 Å². The van der Waals surface area contributed by atoms with Crippen LogP contribution in [0.3, 0.4) is 0 Å². The zero-order chi connectivity index (χ0) is 8.32. The summed E-state index contributed by atoms with van der Waals surface area (Å²) in [5.41, 5.74) is 0. The van der Waals surface area contributed by atoms with Gasteiger partial charge in [-0.2, -0.15) is 0 Å². The van der Waals surface area contributed by atoms with E-state index in [1.807, 2.05) is 0 Å². The Morgan fingerprint density at radius 1 is 1.45 bits per heavy atom. The highest BCUT2D eigenvalue weighted by Gasteiger charge is 2.18. The number of hydrogen-bond acceptors (Lipinski definition) is 3. The SMILES string of the molecule is NS(=O)(=O)C[C@@H]1CCCCO1. The summed E-state index contributed by atoms with van der Waals surface area (Å²) in [6.45, 7) is 0.667. The molecular weight excluding hydrogens is 166 g/mol. The van der Waals surface area contributed by atoms with Crippen molar-refractivity contribution >= 4 is 10.0 Å². The summed E-state index contributed by atoms with van der Waals surface area (Å²) >= 11 is 0. The standard InChI is InChI=1S/C6H13NO3S/c7-11(8,9)5-6-3-1-2-4-10-6/h6H,1-5H2,(H2,7,8,9)/t6-/m0/s1. The molecule has 2 N–H and O–H groups in total. The first-order chi connectivity index (χ1) is 5.08. The Labute approximate surface area is 66.8 Å². The minimum Gasteiger partial charge on any atom is -0.377 e. The van der Waals surface area contributed by atoms with Crippen LogP contribution in [0, 0.1) is 0 Å². The molecule has 0 aromatic heterocycles. The molecule has 0 aliphatic carbocycles. The number of primary sulfonamides is 1. The zero-order valence-corrected chi connectivity index (χ0v) is 7.14. The van der Waals surface area contributed by atoms with E-state index in [2.05, 4.69) is 0 Å². The summed E-state index contributed by atoms with van der Waals surface area (Å²) in [5, 5.41) is 4.86. The Bertz CT molecular complexity index is 206. The monoisotopic (exact) mass is 179 g/mol. The van der Waals surface area contributed by atoms with Gasteiger partial charge in [0, 0.05) is 6.61 Å². The third-order valence-electron chi connectivity index (χ3n) is 1.69. The Hall–Kier alpha value is -0.130. The van der Waals surface area contributed by atoms with E-state index in [9.17, 15) is 8.42 Å². The Morgan fingerprint density at radius 3 is 2.64 bits per heavy atom. The van der Waals surface area contributed by atoms with Crippen LogP contribution in [0.25, 0.3) is 0 Å². The predicted octanol–water partition coefficient (Wildman–Crippen LogP) is -0.156. The molecule has 0 bridgehead atoms. The summed E-state index contributed by atoms with van der Waals surface area (Å²) in [5.74, 6) is -0.0347. The van der Waals surface area contributed by atoms with Crippen LogP contribution in [-0.4, -0.2) is 26.9 Å². The van der Waals surface area contributed by atoms with Crippen molar-refractivity contribution in [3.05, 3.63) is 0 Å². The number of hydrogen-bond donors (Lipinski definition) is 1. The van der Waals surface area contributed by atoms with Gasteiger partial charge in [0.25, 0.3) is 0 Å². The average Bonchev–Trinajstić information content (AvgIpc) is 1.85. The maximum absolute atomic E-state index is 10.6. The van der Waals surface area contributed by atoms with E-state index in [1.54, 1.807) is 0 Å². The summed E-state index contributed by atoms with van der Waals surface area (Å²) in [6.07, 6.45) is 2.72. The van der Waals surface area contributed by atoms with E-state index in [4.69, 9.17) is 9.88 Å². The van der Waals surface area contributed by atoms with Gasteiger partial charge in [-0.3, -0.25) is 0 Å². The van der Waals surface area contributed by atoms with Gasteiger partial charge in [0.1, 0.15) is 0 Å². The van der Waals surface area contributed by atoms with Gasteiger partial charge in [0.05, 0.1) is 11.9 Å². The third kappa shape index (κ3) is 3.69. The van der Waals surface area contributed by atoms with Gasteiger partial charge >= 0.3 is 0 Å². The second-order valence-corrected chi connectivity index (χ2v) is 4.48. The van der Waals surface area contributed by atoms with Crippen molar-refractivity contribution in [3.63, 3.8) is 0 Å². The fourth-order valence-electron chi connectivity index (χ4n) is 1.20. The average molecular weight is 179 g/mol. The molecule has 0 saturated carbocycles. The minimum absolute atomic E-state index is 0.0347. The summed E-state index contributed by atoms with van der Waals surface area (Å²) < 4.78 is 26.4. The van der Waals surface area contributed by atoms with Crippen molar-refractivity contribution < 1.29 is 13.2 Å². The smallest absolute Gasteiger partial charge is 0.211 e. The molecule has 0 radical (unpaired) electrons. The van der Waals surface area contributed by atoms with Gasteiger partial charge in [-0.25, -0.2) is 13.6 Å². The van der Waals surface area contributed by atoms with Crippen LogP contribution in [0.1, 0.15) is 19.3 Å². The highest BCUT2D eigenvalue weighted by atomic mass is 32.2. The van der Waals surface area contributed by atoms with Gasteiger partial charge < -0.3 is 4.74 Å². The van der Waals surface area contributed by atoms with Crippen LogP contribution in [-0.2, 0) is 14.8 Å². The third-order valence-corrected chi connectivity index (χ3v) is 2.53. The molecule has 1 fully saturated rings. The van der Waals surface area contributed by atoms with Gasteiger partial charge in [0.15, 0.2) is 0 Å². The lowest BCUT2D eigenvalue weighted by molar-refractivity contribution is 0.0305. The van der Waals surface area contributed by atoms with E-state index in [0.29, 0.717) is 6.61 Å². The van der Waals surface area contributed by atoms with Crippen LogP contribution in [0.15, 0.2) is 0 Å². The van der Waals surface area contributed by atoms with Crippen LogP contribution in [0.5, 0.6) is 0 Å². The molecule has 0 amide bonds. The normalized spacial score (nSPS) is 26.8. The van der Waals surface area contributed by atoms with E-state index >= 15 is 0 Å². The van der Waals surface area contributed by atoms with Gasteiger partial charge in [-0.05, 0) is 19.3 Å². The minimum atomic E-state index is -3.35. The molecule has 0 spiro atoms. The largest absolute Gasteiger partial charge is 0.377 e. The van der Waals surface area contributed by atoms with Crippen LogP contribution < -0.4 is 5.14 Å². The molecule has 1 aliphatic heterocycles. The summed E-state index contributed by atoms with van der Waals surface area (Å²) in [7, 11) is -3.35. The fraction of sp³-hybridized carbons (Fsp3) is 1.00. The molecule has 0 aromatic rings. The predicted molar refractivity (Wildman–Crippen MR) is 41.6 cm³/mol.